The topological polar surface area (TPSA) is 47.8 Å². The molecule has 1 atom stereocenters. The van der Waals surface area contributed by atoms with Crippen LogP contribution in [-0.2, 0) is 4.79 Å². The molecule has 0 aliphatic heterocycles. The van der Waals surface area contributed by atoms with Crippen molar-refractivity contribution in [3.05, 3.63) is 72.1 Å². The summed E-state index contributed by atoms with van der Waals surface area (Å²) in [4.78, 5) is 20.7. The van der Waals surface area contributed by atoms with Crippen LogP contribution < -0.4 is 0 Å². The number of thioether (sulfide) groups is 1. The van der Waals surface area contributed by atoms with E-state index in [1.807, 2.05) is 42.5 Å². The van der Waals surface area contributed by atoms with E-state index in [9.17, 15) is 4.79 Å². The van der Waals surface area contributed by atoms with Crippen LogP contribution in [0.3, 0.4) is 0 Å². The van der Waals surface area contributed by atoms with Gasteiger partial charge >= 0.3 is 0 Å². The number of hydrogen-bond donors (Lipinski definition) is 0. The minimum Gasteiger partial charge on any atom is -0.301 e. The maximum atomic E-state index is 11.6. The van der Waals surface area contributed by atoms with Gasteiger partial charge < -0.3 is 4.57 Å². The van der Waals surface area contributed by atoms with Gasteiger partial charge in [0, 0.05) is 34.1 Å². The van der Waals surface area contributed by atoms with Crippen LogP contribution in [0.25, 0.3) is 27.8 Å². The fourth-order valence-electron chi connectivity index (χ4n) is 3.40. The molecule has 0 fully saturated rings. The molecule has 4 nitrogen and oxygen atoms in total. The Hall–Kier alpha value is -2.63. The Morgan fingerprint density at radius 3 is 2.52 bits per heavy atom. The van der Waals surface area contributed by atoms with Crippen molar-refractivity contribution < 1.29 is 4.79 Å². The highest BCUT2D eigenvalue weighted by atomic mass is 35.5. The summed E-state index contributed by atoms with van der Waals surface area (Å²) in [7, 11) is 0. The molecule has 0 saturated carbocycles. The van der Waals surface area contributed by atoms with Crippen molar-refractivity contribution in [1.82, 2.24) is 14.5 Å². The quantitative estimate of drug-likeness (QED) is 0.274. The van der Waals surface area contributed by atoms with Crippen LogP contribution in [-0.4, -0.2) is 25.6 Å². The van der Waals surface area contributed by atoms with E-state index < -0.39 is 0 Å². The predicted octanol–water partition coefficient (Wildman–Crippen LogP) is 6.20. The van der Waals surface area contributed by atoms with Crippen molar-refractivity contribution in [2.75, 3.05) is 0 Å². The highest BCUT2D eigenvalue weighted by molar-refractivity contribution is 8.00. The van der Waals surface area contributed by atoms with Gasteiger partial charge in [0.05, 0.1) is 5.39 Å². The second-order valence-electron chi connectivity index (χ2n) is 6.97. The summed E-state index contributed by atoms with van der Waals surface area (Å²) in [5, 5.41) is 2.70. The van der Waals surface area contributed by atoms with E-state index in [2.05, 4.69) is 39.8 Å². The lowest BCUT2D eigenvalue weighted by atomic mass is 10.1. The number of carbonyl (C=O) groups excluding carboxylic acids is 1. The zero-order chi connectivity index (χ0) is 20.4. The normalized spacial score (nSPS) is 12.2. The van der Waals surface area contributed by atoms with Gasteiger partial charge in [0.15, 0.2) is 0 Å². The summed E-state index contributed by atoms with van der Waals surface area (Å²) in [5.41, 5.74) is 3.97. The zero-order valence-electron chi connectivity index (χ0n) is 16.2. The molecular weight excluding hydrogens is 402 g/mol. The molecule has 6 heteroatoms. The Bertz CT molecular complexity index is 1160. The molecule has 0 N–H and O–H groups in total. The largest absolute Gasteiger partial charge is 0.301 e. The molecule has 0 bridgehead atoms. The van der Waals surface area contributed by atoms with Gasteiger partial charge in [0.1, 0.15) is 22.8 Å². The van der Waals surface area contributed by atoms with E-state index in [-0.39, 0.29) is 11.0 Å². The SMILES string of the molecule is CC(=O)CC(C)Sc1ncnc2c1c(-c1ccccc1)cn2-c1ccc(Cl)cc1. The van der Waals surface area contributed by atoms with Crippen molar-refractivity contribution in [3.8, 4) is 16.8 Å². The molecule has 2 aromatic carbocycles. The molecular formula is C23H20ClN3OS. The molecule has 29 heavy (non-hydrogen) atoms. The summed E-state index contributed by atoms with van der Waals surface area (Å²) < 4.78 is 2.06. The zero-order valence-corrected chi connectivity index (χ0v) is 17.7. The smallest absolute Gasteiger partial charge is 0.149 e. The van der Waals surface area contributed by atoms with Crippen molar-refractivity contribution in [2.24, 2.45) is 0 Å². The maximum absolute atomic E-state index is 11.6. The molecule has 146 valence electrons. The number of Topliss-reactive ketones (excluding diaryl/α,β-unsaturated/α-hetero) is 1. The first-order valence-electron chi connectivity index (χ1n) is 9.36. The number of aromatic nitrogens is 3. The van der Waals surface area contributed by atoms with Gasteiger partial charge in [-0.3, -0.25) is 4.79 Å². The second kappa shape index (κ2) is 8.39. The number of fused-ring (bicyclic) bond motifs is 1. The Balaban J connectivity index is 1.91. The lowest BCUT2D eigenvalue weighted by molar-refractivity contribution is -0.116. The van der Waals surface area contributed by atoms with Gasteiger partial charge in [0.2, 0.25) is 0 Å². The number of benzene rings is 2. The van der Waals surface area contributed by atoms with Gasteiger partial charge in [-0.05, 0) is 36.8 Å². The number of nitrogens with zero attached hydrogens (tertiary/aromatic N) is 3. The van der Waals surface area contributed by atoms with Gasteiger partial charge in [-0.15, -0.1) is 11.8 Å². The average molecular weight is 422 g/mol. The second-order valence-corrected chi connectivity index (χ2v) is 8.83. The van der Waals surface area contributed by atoms with Crippen LogP contribution in [0.4, 0.5) is 0 Å². The van der Waals surface area contributed by atoms with Crippen LogP contribution in [0.15, 0.2) is 72.1 Å². The lowest BCUT2D eigenvalue weighted by Gasteiger charge is -2.10. The van der Waals surface area contributed by atoms with Crippen molar-refractivity contribution >= 4 is 40.2 Å². The van der Waals surface area contributed by atoms with Crippen LogP contribution >= 0.6 is 23.4 Å². The van der Waals surface area contributed by atoms with Crippen molar-refractivity contribution in [2.45, 2.75) is 30.5 Å². The molecule has 4 rings (SSSR count). The van der Waals surface area contributed by atoms with Gasteiger partial charge in [0.25, 0.3) is 0 Å². The minimum absolute atomic E-state index is 0.133. The molecule has 0 aliphatic carbocycles. The first-order chi connectivity index (χ1) is 14.0. The van der Waals surface area contributed by atoms with E-state index in [0.29, 0.717) is 11.4 Å². The van der Waals surface area contributed by atoms with E-state index in [4.69, 9.17) is 11.6 Å². The number of hydrogen-bond acceptors (Lipinski definition) is 4. The average Bonchev–Trinajstić information content (AvgIpc) is 3.09. The van der Waals surface area contributed by atoms with Crippen LogP contribution in [0.2, 0.25) is 5.02 Å². The first-order valence-corrected chi connectivity index (χ1v) is 10.6. The monoisotopic (exact) mass is 421 g/mol. The van der Waals surface area contributed by atoms with Crippen LogP contribution in [0.5, 0.6) is 0 Å². The molecule has 4 aromatic rings. The predicted molar refractivity (Wildman–Crippen MR) is 120 cm³/mol. The third-order valence-electron chi connectivity index (χ3n) is 4.63. The van der Waals surface area contributed by atoms with Gasteiger partial charge in [-0.25, -0.2) is 9.97 Å². The highest BCUT2D eigenvalue weighted by Crippen LogP contribution is 2.38. The third-order valence-corrected chi connectivity index (χ3v) is 5.98. The van der Waals surface area contributed by atoms with Crippen LogP contribution in [0, 0.1) is 0 Å². The molecule has 1 unspecified atom stereocenters. The molecule has 2 heterocycles. The molecule has 0 radical (unpaired) electrons. The first kappa shape index (κ1) is 19.7. The number of halogens is 1. The van der Waals surface area contributed by atoms with Gasteiger partial charge in [-0.2, -0.15) is 0 Å². The summed E-state index contributed by atoms with van der Waals surface area (Å²) in [6.45, 7) is 3.68. The molecule has 2 aromatic heterocycles. The van der Waals surface area contributed by atoms with Crippen molar-refractivity contribution in [3.63, 3.8) is 0 Å². The Labute approximate surface area is 178 Å². The summed E-state index contributed by atoms with van der Waals surface area (Å²) >= 11 is 7.69. The van der Waals surface area contributed by atoms with Gasteiger partial charge in [-0.1, -0.05) is 48.9 Å². The van der Waals surface area contributed by atoms with Crippen LogP contribution in [0.1, 0.15) is 20.3 Å². The summed E-state index contributed by atoms with van der Waals surface area (Å²) in [6.07, 6.45) is 4.19. The Morgan fingerprint density at radius 1 is 1.10 bits per heavy atom. The lowest BCUT2D eigenvalue weighted by Crippen LogP contribution is -2.04. The van der Waals surface area contributed by atoms with Crippen molar-refractivity contribution in [1.29, 1.82) is 0 Å². The Kier molecular flexibility index (Phi) is 5.69. The molecule has 0 aliphatic rings. The fourth-order valence-corrected chi connectivity index (χ4v) is 4.65. The maximum Gasteiger partial charge on any atom is 0.149 e. The Morgan fingerprint density at radius 2 is 1.83 bits per heavy atom. The van der Waals surface area contributed by atoms with E-state index in [1.165, 1.54) is 0 Å². The molecule has 0 amide bonds. The number of carbonyl (C=O) groups is 1. The highest BCUT2D eigenvalue weighted by Gasteiger charge is 2.19. The van der Waals surface area contributed by atoms with E-state index >= 15 is 0 Å². The molecule has 0 spiro atoms. The van der Waals surface area contributed by atoms with E-state index in [0.717, 1.165) is 32.9 Å². The summed E-state index contributed by atoms with van der Waals surface area (Å²) in [5.74, 6) is 0.178. The summed E-state index contributed by atoms with van der Waals surface area (Å²) in [6, 6.07) is 17.9. The fraction of sp³-hybridized carbons (Fsp3) is 0.174. The third kappa shape index (κ3) is 4.21. The standard InChI is InChI=1S/C23H20ClN3OS/c1-15(28)12-16(2)29-23-21-20(17-6-4-3-5-7-17)13-27(22(21)25-14-26-23)19-10-8-18(24)9-11-19/h3-11,13-14,16H,12H2,1-2H3. The molecule has 0 saturated heterocycles. The number of ketones is 1. The minimum atomic E-state index is 0.133. The number of rotatable bonds is 6. The van der Waals surface area contributed by atoms with E-state index in [1.54, 1.807) is 25.0 Å².